The van der Waals surface area contributed by atoms with Gasteiger partial charge in [0.2, 0.25) is 5.91 Å². The Morgan fingerprint density at radius 1 is 1.14 bits per heavy atom. The number of nitrogens with one attached hydrogen (secondary N) is 1. The minimum atomic E-state index is -0.0266. The van der Waals surface area contributed by atoms with Crippen molar-refractivity contribution in [2.45, 2.75) is 26.3 Å². The number of amides is 1. The normalized spacial score (nSPS) is 15.7. The largest absolute Gasteiger partial charge is 0.508 e. The molecule has 1 heterocycles. The first-order valence-corrected chi connectivity index (χ1v) is 10.1. The van der Waals surface area contributed by atoms with Crippen molar-refractivity contribution in [3.8, 4) is 11.5 Å². The molecule has 1 aliphatic rings. The second kappa shape index (κ2) is 9.61. The van der Waals surface area contributed by atoms with Gasteiger partial charge in [-0.3, -0.25) is 9.69 Å². The van der Waals surface area contributed by atoms with Crippen LogP contribution in [0.15, 0.2) is 54.6 Å². The van der Waals surface area contributed by atoms with E-state index in [1.807, 2.05) is 36.4 Å². The Hall–Kier alpha value is -2.79. The maximum Gasteiger partial charge on any atom is 0.234 e. The SMILES string of the molecule is COc1ccc(C(NC(=O)CN2CC=C(c3ccc(O)cc3)CC2)C(C)C)cc1. The number of carbonyl (C=O) groups is 1. The first kappa shape index (κ1) is 20.9. The first-order chi connectivity index (χ1) is 14.0. The zero-order chi connectivity index (χ0) is 20.8. The van der Waals surface area contributed by atoms with Crippen molar-refractivity contribution in [2.24, 2.45) is 5.92 Å². The van der Waals surface area contributed by atoms with E-state index in [-0.39, 0.29) is 23.6 Å². The van der Waals surface area contributed by atoms with E-state index in [2.05, 4.69) is 30.1 Å². The van der Waals surface area contributed by atoms with Gasteiger partial charge in [-0.1, -0.05) is 44.2 Å². The number of phenolic OH excluding ortho intramolecular Hbond substituents is 1. The number of ether oxygens (including phenoxy) is 1. The molecule has 5 nitrogen and oxygen atoms in total. The number of carbonyl (C=O) groups excluding carboxylic acids is 1. The Labute approximate surface area is 173 Å². The van der Waals surface area contributed by atoms with Gasteiger partial charge in [-0.05, 0) is 53.3 Å². The minimum Gasteiger partial charge on any atom is -0.508 e. The molecule has 29 heavy (non-hydrogen) atoms. The van der Waals surface area contributed by atoms with Crippen LogP contribution in [0.25, 0.3) is 5.57 Å². The van der Waals surface area contributed by atoms with Gasteiger partial charge in [-0.15, -0.1) is 0 Å². The molecule has 2 aromatic carbocycles. The van der Waals surface area contributed by atoms with Crippen LogP contribution in [0, 0.1) is 5.92 Å². The van der Waals surface area contributed by atoms with Gasteiger partial charge in [0.25, 0.3) is 0 Å². The van der Waals surface area contributed by atoms with E-state index in [1.54, 1.807) is 19.2 Å². The summed E-state index contributed by atoms with van der Waals surface area (Å²) < 4.78 is 5.23. The summed E-state index contributed by atoms with van der Waals surface area (Å²) >= 11 is 0. The van der Waals surface area contributed by atoms with Crippen LogP contribution in [0.1, 0.15) is 37.4 Å². The molecule has 5 heteroatoms. The molecule has 2 aromatic rings. The number of phenols is 1. The van der Waals surface area contributed by atoms with E-state index in [0.29, 0.717) is 6.54 Å². The second-order valence-electron chi connectivity index (χ2n) is 7.82. The summed E-state index contributed by atoms with van der Waals surface area (Å²) in [4.78, 5) is 14.8. The summed E-state index contributed by atoms with van der Waals surface area (Å²) in [6, 6.07) is 15.1. The number of methoxy groups -OCH3 is 1. The molecule has 1 aliphatic heterocycles. The monoisotopic (exact) mass is 394 g/mol. The zero-order valence-corrected chi connectivity index (χ0v) is 17.4. The van der Waals surface area contributed by atoms with Gasteiger partial charge in [-0.2, -0.15) is 0 Å². The minimum absolute atomic E-state index is 0.0266. The Morgan fingerprint density at radius 3 is 2.38 bits per heavy atom. The highest BCUT2D eigenvalue weighted by molar-refractivity contribution is 5.79. The fourth-order valence-electron chi connectivity index (χ4n) is 3.66. The van der Waals surface area contributed by atoms with Gasteiger partial charge in [0.05, 0.1) is 19.7 Å². The van der Waals surface area contributed by atoms with Gasteiger partial charge in [0.1, 0.15) is 11.5 Å². The van der Waals surface area contributed by atoms with Crippen LogP contribution in [0.4, 0.5) is 0 Å². The van der Waals surface area contributed by atoms with Crippen molar-refractivity contribution in [1.29, 1.82) is 0 Å². The number of hydrogen-bond acceptors (Lipinski definition) is 4. The molecule has 0 saturated carbocycles. The molecular formula is C24H30N2O3. The molecule has 0 saturated heterocycles. The molecule has 154 valence electrons. The van der Waals surface area contributed by atoms with Crippen LogP contribution in [-0.2, 0) is 4.79 Å². The van der Waals surface area contributed by atoms with E-state index in [0.717, 1.165) is 36.4 Å². The maximum atomic E-state index is 12.7. The van der Waals surface area contributed by atoms with Crippen molar-refractivity contribution in [1.82, 2.24) is 10.2 Å². The molecule has 1 unspecified atom stereocenters. The lowest BCUT2D eigenvalue weighted by Crippen LogP contribution is -2.41. The highest BCUT2D eigenvalue weighted by Crippen LogP contribution is 2.25. The zero-order valence-electron chi connectivity index (χ0n) is 17.4. The third kappa shape index (κ3) is 5.61. The predicted octanol–water partition coefficient (Wildman–Crippen LogP) is 4.00. The number of nitrogens with zero attached hydrogens (tertiary/aromatic N) is 1. The topological polar surface area (TPSA) is 61.8 Å². The van der Waals surface area contributed by atoms with Crippen molar-refractivity contribution < 1.29 is 14.6 Å². The van der Waals surface area contributed by atoms with Crippen LogP contribution >= 0.6 is 0 Å². The maximum absolute atomic E-state index is 12.7. The molecule has 2 N–H and O–H groups in total. The number of aromatic hydroxyl groups is 1. The first-order valence-electron chi connectivity index (χ1n) is 10.1. The van der Waals surface area contributed by atoms with Gasteiger partial charge in [0.15, 0.2) is 0 Å². The number of rotatable bonds is 7. The number of benzene rings is 2. The van der Waals surface area contributed by atoms with Gasteiger partial charge >= 0.3 is 0 Å². The smallest absolute Gasteiger partial charge is 0.234 e. The van der Waals surface area contributed by atoms with Crippen LogP contribution < -0.4 is 10.1 Å². The van der Waals surface area contributed by atoms with Gasteiger partial charge < -0.3 is 15.2 Å². The summed E-state index contributed by atoms with van der Waals surface area (Å²) in [6.07, 6.45) is 3.07. The lowest BCUT2D eigenvalue weighted by Gasteiger charge is -2.28. The summed E-state index contributed by atoms with van der Waals surface area (Å²) in [5.74, 6) is 1.42. The highest BCUT2D eigenvalue weighted by Gasteiger charge is 2.21. The van der Waals surface area contributed by atoms with E-state index >= 15 is 0 Å². The molecule has 0 spiro atoms. The molecule has 3 rings (SSSR count). The fourth-order valence-corrected chi connectivity index (χ4v) is 3.66. The predicted molar refractivity (Wildman–Crippen MR) is 116 cm³/mol. The molecule has 0 bridgehead atoms. The van der Waals surface area contributed by atoms with Crippen LogP contribution in [-0.4, -0.2) is 42.7 Å². The molecule has 0 aromatic heterocycles. The lowest BCUT2D eigenvalue weighted by molar-refractivity contribution is -0.123. The second-order valence-corrected chi connectivity index (χ2v) is 7.82. The van der Waals surface area contributed by atoms with Gasteiger partial charge in [-0.25, -0.2) is 0 Å². The molecule has 1 atom stereocenters. The highest BCUT2D eigenvalue weighted by atomic mass is 16.5. The Kier molecular flexibility index (Phi) is 6.94. The van der Waals surface area contributed by atoms with E-state index in [4.69, 9.17) is 4.74 Å². The van der Waals surface area contributed by atoms with Crippen molar-refractivity contribution in [3.05, 3.63) is 65.7 Å². The Bertz CT molecular complexity index is 841. The van der Waals surface area contributed by atoms with E-state index in [1.165, 1.54) is 5.57 Å². The summed E-state index contributed by atoms with van der Waals surface area (Å²) in [5.41, 5.74) is 3.48. The Balaban J connectivity index is 1.57. The lowest BCUT2D eigenvalue weighted by atomic mass is 9.96. The van der Waals surface area contributed by atoms with Crippen molar-refractivity contribution in [2.75, 3.05) is 26.7 Å². The van der Waals surface area contributed by atoms with Gasteiger partial charge in [0, 0.05) is 13.1 Å². The molecular weight excluding hydrogens is 364 g/mol. The van der Waals surface area contributed by atoms with Crippen molar-refractivity contribution >= 4 is 11.5 Å². The van der Waals surface area contributed by atoms with Crippen LogP contribution in [0.3, 0.4) is 0 Å². The van der Waals surface area contributed by atoms with Crippen molar-refractivity contribution in [3.63, 3.8) is 0 Å². The quantitative estimate of drug-likeness (QED) is 0.745. The standard InChI is InChI=1S/C24H30N2O3/c1-17(2)24(20-6-10-22(29-3)11-7-20)25-23(28)16-26-14-12-19(13-15-26)18-4-8-21(27)9-5-18/h4-12,17,24,27H,13-16H2,1-3H3,(H,25,28). The molecule has 0 fully saturated rings. The van der Waals surface area contributed by atoms with Crippen LogP contribution in [0.2, 0.25) is 0 Å². The van der Waals surface area contributed by atoms with Crippen LogP contribution in [0.5, 0.6) is 11.5 Å². The fraction of sp³-hybridized carbons (Fsp3) is 0.375. The number of hydrogen-bond donors (Lipinski definition) is 2. The average Bonchev–Trinajstić information content (AvgIpc) is 2.73. The average molecular weight is 395 g/mol. The molecule has 0 radical (unpaired) electrons. The third-order valence-electron chi connectivity index (χ3n) is 5.36. The summed E-state index contributed by atoms with van der Waals surface area (Å²) in [7, 11) is 1.65. The Morgan fingerprint density at radius 2 is 1.83 bits per heavy atom. The van der Waals surface area contributed by atoms with E-state index in [9.17, 15) is 9.90 Å². The summed E-state index contributed by atoms with van der Waals surface area (Å²) in [6.45, 7) is 6.21. The summed E-state index contributed by atoms with van der Waals surface area (Å²) in [5, 5.41) is 12.6. The molecule has 0 aliphatic carbocycles. The third-order valence-corrected chi connectivity index (χ3v) is 5.36. The van der Waals surface area contributed by atoms with E-state index < -0.39 is 0 Å². The molecule has 1 amide bonds.